The van der Waals surface area contributed by atoms with Crippen LogP contribution in [-0.4, -0.2) is 34.8 Å². The molecular weight excluding hydrogens is 412 g/mol. The van der Waals surface area contributed by atoms with Crippen molar-refractivity contribution in [3.8, 4) is 5.75 Å². The standard InChI is InChI=1S/C28H30N2O3/c1-5-7-17-28(16-6-2)19-30(18-20-12-14-21(33-4)15-13-20)27(32)25-24(26(28)31)22-10-8-9-11-23(22)29(25)3/h5-6,8-15H,1-2,7,16-19H2,3-4H3. The molecule has 1 amide bonds. The number of benzene rings is 2. The van der Waals surface area contributed by atoms with Gasteiger partial charge in [-0.2, -0.15) is 0 Å². The summed E-state index contributed by atoms with van der Waals surface area (Å²) in [5, 5.41) is 0.826. The quantitative estimate of drug-likeness (QED) is 0.430. The number of aryl methyl sites for hydroxylation is 1. The van der Waals surface area contributed by atoms with E-state index in [1.807, 2.05) is 71.1 Å². The molecule has 0 radical (unpaired) electrons. The number of aromatic nitrogens is 1. The number of allylic oxidation sites excluding steroid dienone is 2. The molecule has 0 bridgehead atoms. The molecule has 1 unspecified atom stereocenters. The van der Waals surface area contributed by atoms with Gasteiger partial charge < -0.3 is 14.2 Å². The maximum Gasteiger partial charge on any atom is 0.271 e. The summed E-state index contributed by atoms with van der Waals surface area (Å²) in [4.78, 5) is 30.0. The number of rotatable bonds is 8. The van der Waals surface area contributed by atoms with Crippen LogP contribution in [0, 0.1) is 5.41 Å². The van der Waals surface area contributed by atoms with Crippen LogP contribution in [0.2, 0.25) is 0 Å². The Labute approximate surface area is 195 Å². The molecule has 0 fully saturated rings. The molecule has 0 saturated carbocycles. The Bertz CT molecular complexity index is 1220. The largest absolute Gasteiger partial charge is 0.497 e. The van der Waals surface area contributed by atoms with E-state index in [2.05, 4.69) is 13.2 Å². The fraction of sp³-hybridized carbons (Fsp3) is 0.286. The second-order valence-corrected chi connectivity index (χ2v) is 8.74. The first-order chi connectivity index (χ1) is 16.0. The predicted molar refractivity (Wildman–Crippen MR) is 132 cm³/mol. The predicted octanol–water partition coefficient (Wildman–Crippen LogP) is 5.55. The number of ketones is 1. The molecule has 5 nitrogen and oxygen atoms in total. The number of fused-ring (bicyclic) bond motifs is 3. The molecule has 4 rings (SSSR count). The smallest absolute Gasteiger partial charge is 0.271 e. The third-order valence-corrected chi connectivity index (χ3v) is 6.69. The summed E-state index contributed by atoms with van der Waals surface area (Å²) in [5.41, 5.74) is 2.09. The van der Waals surface area contributed by atoms with Crippen LogP contribution in [0.25, 0.3) is 10.9 Å². The van der Waals surface area contributed by atoms with Crippen LogP contribution in [0.15, 0.2) is 73.8 Å². The van der Waals surface area contributed by atoms with E-state index in [9.17, 15) is 9.59 Å². The normalized spacial score (nSPS) is 18.2. The number of carbonyl (C=O) groups is 2. The number of methoxy groups -OCH3 is 1. The maximum atomic E-state index is 14.2. The molecule has 0 spiro atoms. The highest BCUT2D eigenvalue weighted by molar-refractivity contribution is 6.19. The summed E-state index contributed by atoms with van der Waals surface area (Å²) >= 11 is 0. The number of carbonyl (C=O) groups excluding carboxylic acids is 2. The molecule has 3 aromatic rings. The third-order valence-electron chi connectivity index (χ3n) is 6.69. The van der Waals surface area contributed by atoms with Crippen molar-refractivity contribution in [1.29, 1.82) is 0 Å². The molecule has 1 aliphatic rings. The monoisotopic (exact) mass is 442 g/mol. The van der Waals surface area contributed by atoms with Gasteiger partial charge in [-0.3, -0.25) is 9.59 Å². The lowest BCUT2D eigenvalue weighted by atomic mass is 9.73. The highest BCUT2D eigenvalue weighted by atomic mass is 16.5. The number of hydrogen-bond acceptors (Lipinski definition) is 3. The zero-order valence-corrected chi connectivity index (χ0v) is 19.3. The van der Waals surface area contributed by atoms with Crippen molar-refractivity contribution < 1.29 is 14.3 Å². The number of nitrogens with zero attached hydrogens (tertiary/aromatic N) is 2. The second-order valence-electron chi connectivity index (χ2n) is 8.74. The van der Waals surface area contributed by atoms with Crippen molar-refractivity contribution in [3.05, 3.63) is 90.7 Å². The minimum Gasteiger partial charge on any atom is -0.497 e. The van der Waals surface area contributed by atoms with Crippen molar-refractivity contribution in [2.75, 3.05) is 13.7 Å². The maximum absolute atomic E-state index is 14.2. The number of amides is 1. The number of para-hydroxylation sites is 1. The first kappa shape index (κ1) is 22.6. The van der Waals surface area contributed by atoms with Gasteiger partial charge in [-0.05, 0) is 43.0 Å². The molecule has 1 aliphatic heterocycles. The van der Waals surface area contributed by atoms with E-state index >= 15 is 0 Å². The number of Topliss-reactive ketones (excluding diaryl/α,β-unsaturated/α-hetero) is 1. The molecule has 1 atom stereocenters. The van der Waals surface area contributed by atoms with Gasteiger partial charge in [-0.25, -0.2) is 0 Å². The van der Waals surface area contributed by atoms with Gasteiger partial charge in [-0.1, -0.05) is 42.5 Å². The zero-order valence-electron chi connectivity index (χ0n) is 19.3. The van der Waals surface area contributed by atoms with Crippen LogP contribution in [-0.2, 0) is 13.6 Å². The Balaban J connectivity index is 1.89. The van der Waals surface area contributed by atoms with Crippen LogP contribution in [0.4, 0.5) is 0 Å². The molecule has 33 heavy (non-hydrogen) atoms. The molecular formula is C28H30N2O3. The average molecular weight is 443 g/mol. The molecule has 0 saturated heterocycles. The van der Waals surface area contributed by atoms with Gasteiger partial charge in [0.1, 0.15) is 11.4 Å². The highest BCUT2D eigenvalue weighted by Gasteiger charge is 2.46. The number of hydrogen-bond donors (Lipinski definition) is 0. The minimum absolute atomic E-state index is 0.0154. The Morgan fingerprint density at radius 1 is 1.06 bits per heavy atom. The van der Waals surface area contributed by atoms with Gasteiger partial charge in [-0.15, -0.1) is 13.2 Å². The van der Waals surface area contributed by atoms with Crippen molar-refractivity contribution in [2.24, 2.45) is 12.5 Å². The summed E-state index contributed by atoms with van der Waals surface area (Å²) in [5.74, 6) is 0.651. The first-order valence-electron chi connectivity index (χ1n) is 11.2. The lowest BCUT2D eigenvalue weighted by Gasteiger charge is -2.34. The fourth-order valence-corrected chi connectivity index (χ4v) is 4.98. The van der Waals surface area contributed by atoms with Gasteiger partial charge in [0, 0.05) is 31.0 Å². The van der Waals surface area contributed by atoms with Crippen molar-refractivity contribution in [3.63, 3.8) is 0 Å². The Morgan fingerprint density at radius 3 is 2.45 bits per heavy atom. The summed E-state index contributed by atoms with van der Waals surface area (Å²) in [6.45, 7) is 8.55. The topological polar surface area (TPSA) is 51.5 Å². The third kappa shape index (κ3) is 3.88. The van der Waals surface area contributed by atoms with Crippen molar-refractivity contribution in [1.82, 2.24) is 9.47 Å². The van der Waals surface area contributed by atoms with E-state index < -0.39 is 5.41 Å². The molecule has 2 aromatic carbocycles. The van der Waals surface area contributed by atoms with Crippen molar-refractivity contribution in [2.45, 2.75) is 25.8 Å². The summed E-state index contributed by atoms with van der Waals surface area (Å²) < 4.78 is 7.14. The Morgan fingerprint density at radius 2 is 1.79 bits per heavy atom. The van der Waals surface area contributed by atoms with Crippen LogP contribution >= 0.6 is 0 Å². The van der Waals surface area contributed by atoms with Gasteiger partial charge in [0.05, 0.1) is 18.1 Å². The van der Waals surface area contributed by atoms with Gasteiger partial charge in [0.2, 0.25) is 0 Å². The lowest BCUT2D eigenvalue weighted by Crippen LogP contribution is -2.42. The fourth-order valence-electron chi connectivity index (χ4n) is 4.98. The highest BCUT2D eigenvalue weighted by Crippen LogP contribution is 2.42. The summed E-state index contributed by atoms with van der Waals surface area (Å²) in [7, 11) is 3.49. The van der Waals surface area contributed by atoms with E-state index in [1.54, 1.807) is 13.2 Å². The molecule has 0 N–H and O–H groups in total. The average Bonchev–Trinajstić information content (AvgIpc) is 3.09. The molecule has 5 heteroatoms. The zero-order chi connectivity index (χ0) is 23.6. The van der Waals surface area contributed by atoms with Crippen LogP contribution in [0.3, 0.4) is 0 Å². The summed E-state index contributed by atoms with van der Waals surface area (Å²) in [6, 6.07) is 15.4. The Hall–Kier alpha value is -3.60. The second kappa shape index (κ2) is 9.10. The lowest BCUT2D eigenvalue weighted by molar-refractivity contribution is 0.0586. The summed E-state index contributed by atoms with van der Waals surface area (Å²) in [6.07, 6.45) is 5.42. The van der Waals surface area contributed by atoms with Crippen molar-refractivity contribution >= 4 is 22.6 Å². The SMILES string of the molecule is C=CCCC1(CC=C)CN(Cc2ccc(OC)cc2)C(=O)c2c(c3ccccc3n2C)C1=O. The molecule has 0 aliphatic carbocycles. The molecule has 1 aromatic heterocycles. The van der Waals surface area contributed by atoms with Crippen LogP contribution in [0.5, 0.6) is 5.75 Å². The van der Waals surface area contributed by atoms with E-state index in [-0.39, 0.29) is 11.7 Å². The van der Waals surface area contributed by atoms with E-state index in [4.69, 9.17) is 4.74 Å². The minimum atomic E-state index is -0.757. The van der Waals surface area contributed by atoms with E-state index in [0.717, 1.165) is 22.2 Å². The molecule has 2 heterocycles. The van der Waals surface area contributed by atoms with Gasteiger partial charge in [0.25, 0.3) is 5.91 Å². The van der Waals surface area contributed by atoms with Gasteiger partial charge >= 0.3 is 0 Å². The Kier molecular flexibility index (Phi) is 6.23. The van der Waals surface area contributed by atoms with E-state index in [1.165, 1.54) is 0 Å². The number of ether oxygens (including phenoxy) is 1. The van der Waals surface area contributed by atoms with Crippen LogP contribution in [0.1, 0.15) is 45.7 Å². The van der Waals surface area contributed by atoms with Gasteiger partial charge in [0.15, 0.2) is 5.78 Å². The first-order valence-corrected chi connectivity index (χ1v) is 11.2. The van der Waals surface area contributed by atoms with E-state index in [0.29, 0.717) is 43.6 Å². The molecule has 170 valence electrons. The van der Waals surface area contributed by atoms with Crippen LogP contribution < -0.4 is 4.74 Å².